The van der Waals surface area contributed by atoms with E-state index in [-0.39, 0.29) is 17.0 Å². The van der Waals surface area contributed by atoms with Gasteiger partial charge in [0.15, 0.2) is 5.65 Å². The van der Waals surface area contributed by atoms with Crippen molar-refractivity contribution < 1.29 is 8.42 Å². The Hall–Kier alpha value is -3.04. The van der Waals surface area contributed by atoms with Crippen LogP contribution in [0, 0.1) is 5.41 Å². The fraction of sp³-hybridized carbons (Fsp3) is 0.423. The van der Waals surface area contributed by atoms with Gasteiger partial charge in [-0.05, 0) is 42.5 Å². The molecule has 0 aliphatic carbocycles. The van der Waals surface area contributed by atoms with Crippen molar-refractivity contribution in [2.75, 3.05) is 13.1 Å². The Morgan fingerprint density at radius 2 is 1.91 bits per heavy atom. The van der Waals surface area contributed by atoms with Crippen molar-refractivity contribution in [1.29, 1.82) is 0 Å². The van der Waals surface area contributed by atoms with Gasteiger partial charge in [0, 0.05) is 61.5 Å². The number of rotatable bonds is 4. The quantitative estimate of drug-likeness (QED) is 0.430. The first kappa shape index (κ1) is 23.7. The largest absolute Gasteiger partial charge is 0.330 e. The van der Waals surface area contributed by atoms with Crippen molar-refractivity contribution >= 4 is 32.0 Å². The molecule has 1 aliphatic rings. The van der Waals surface area contributed by atoms with Crippen LogP contribution in [-0.2, 0) is 23.6 Å². The average Bonchev–Trinajstić information content (AvgIpc) is 3.07. The first-order chi connectivity index (χ1) is 16.6. The molecule has 35 heavy (non-hydrogen) atoms. The summed E-state index contributed by atoms with van der Waals surface area (Å²) in [5.41, 5.74) is 2.13. The summed E-state index contributed by atoms with van der Waals surface area (Å²) >= 11 is 0. The van der Waals surface area contributed by atoms with Crippen LogP contribution in [0.4, 0.5) is 0 Å². The van der Waals surface area contributed by atoms with Gasteiger partial charge in [-0.1, -0.05) is 32.9 Å². The lowest BCUT2D eigenvalue weighted by Gasteiger charge is -2.32. The summed E-state index contributed by atoms with van der Waals surface area (Å²) in [5, 5.41) is 1.48. The van der Waals surface area contributed by atoms with Crippen molar-refractivity contribution in [2.45, 2.75) is 51.0 Å². The van der Waals surface area contributed by atoms with Gasteiger partial charge in [0.2, 0.25) is 10.0 Å². The summed E-state index contributed by atoms with van der Waals surface area (Å²) in [6.07, 6.45) is 4.90. The molecule has 184 valence electrons. The SMILES string of the molecule is Cn1c(=O)n(CC(C)(C)C)c2ccc(C3CCCN(S(=O)(=O)c4cccc5cnccc45)C3)nc21. The molecule has 0 bridgehead atoms. The number of hydrogen-bond acceptors (Lipinski definition) is 5. The van der Waals surface area contributed by atoms with Crippen molar-refractivity contribution in [3.63, 3.8) is 0 Å². The molecule has 9 heteroatoms. The number of piperidine rings is 1. The second-order valence-electron chi connectivity index (χ2n) is 10.6. The highest BCUT2D eigenvalue weighted by Crippen LogP contribution is 2.32. The zero-order valence-corrected chi connectivity index (χ0v) is 21.4. The molecule has 1 saturated heterocycles. The molecule has 0 saturated carbocycles. The first-order valence-electron chi connectivity index (χ1n) is 12.0. The van der Waals surface area contributed by atoms with Gasteiger partial charge in [-0.2, -0.15) is 4.31 Å². The molecule has 4 aromatic rings. The maximum atomic E-state index is 13.7. The zero-order valence-electron chi connectivity index (χ0n) is 20.6. The van der Waals surface area contributed by atoms with Crippen LogP contribution in [0.3, 0.4) is 0 Å². The summed E-state index contributed by atoms with van der Waals surface area (Å²) in [6, 6.07) is 11.0. The van der Waals surface area contributed by atoms with Gasteiger partial charge in [-0.3, -0.25) is 14.1 Å². The molecule has 5 rings (SSSR count). The number of hydrogen-bond donors (Lipinski definition) is 0. The molecule has 0 spiro atoms. The lowest BCUT2D eigenvalue weighted by atomic mass is 9.95. The van der Waals surface area contributed by atoms with Crippen LogP contribution in [-0.4, -0.2) is 44.9 Å². The predicted molar refractivity (Wildman–Crippen MR) is 137 cm³/mol. The Labute approximate surface area is 205 Å². The summed E-state index contributed by atoms with van der Waals surface area (Å²) in [7, 11) is -1.94. The molecule has 1 atom stereocenters. The molecular weight excluding hydrogens is 462 g/mol. The van der Waals surface area contributed by atoms with Crippen LogP contribution in [0.1, 0.15) is 45.2 Å². The fourth-order valence-electron chi connectivity index (χ4n) is 5.00. The third kappa shape index (κ3) is 4.27. The second-order valence-corrected chi connectivity index (χ2v) is 12.5. The van der Waals surface area contributed by atoms with Crippen molar-refractivity contribution in [2.24, 2.45) is 12.5 Å². The van der Waals surface area contributed by atoms with Gasteiger partial charge in [0.1, 0.15) is 0 Å². The van der Waals surface area contributed by atoms with Crippen molar-refractivity contribution in [3.8, 4) is 0 Å². The Bertz CT molecular complexity index is 1580. The number of aromatic nitrogens is 4. The van der Waals surface area contributed by atoms with E-state index in [0.29, 0.717) is 35.6 Å². The Morgan fingerprint density at radius 3 is 2.69 bits per heavy atom. The molecule has 0 radical (unpaired) electrons. The molecule has 8 nitrogen and oxygen atoms in total. The van der Waals surface area contributed by atoms with Gasteiger partial charge in [0.05, 0.1) is 10.4 Å². The van der Waals surface area contributed by atoms with Crippen LogP contribution in [0.25, 0.3) is 21.9 Å². The summed E-state index contributed by atoms with van der Waals surface area (Å²) in [6.45, 7) is 7.74. The molecule has 1 fully saturated rings. The summed E-state index contributed by atoms with van der Waals surface area (Å²) < 4.78 is 32.3. The van der Waals surface area contributed by atoms with Gasteiger partial charge < -0.3 is 0 Å². The predicted octanol–water partition coefficient (Wildman–Crippen LogP) is 3.90. The average molecular weight is 494 g/mol. The van der Waals surface area contributed by atoms with E-state index >= 15 is 0 Å². The van der Waals surface area contributed by atoms with Gasteiger partial charge in [0.25, 0.3) is 0 Å². The normalized spacial score (nSPS) is 17.9. The smallest absolute Gasteiger partial charge is 0.290 e. The van der Waals surface area contributed by atoms with E-state index in [1.54, 1.807) is 51.1 Å². The molecule has 4 heterocycles. The van der Waals surface area contributed by atoms with Crippen LogP contribution in [0.2, 0.25) is 0 Å². The van der Waals surface area contributed by atoms with Crippen LogP contribution >= 0.6 is 0 Å². The highest BCUT2D eigenvalue weighted by atomic mass is 32.2. The first-order valence-corrected chi connectivity index (χ1v) is 13.4. The highest BCUT2D eigenvalue weighted by Gasteiger charge is 2.33. The third-order valence-corrected chi connectivity index (χ3v) is 8.62. The van der Waals surface area contributed by atoms with Gasteiger partial charge in [-0.15, -0.1) is 0 Å². The van der Waals surface area contributed by atoms with Crippen molar-refractivity contribution in [3.05, 3.63) is 65.0 Å². The number of pyridine rings is 2. The summed E-state index contributed by atoms with van der Waals surface area (Å²) in [4.78, 5) is 22.2. The van der Waals surface area contributed by atoms with E-state index in [4.69, 9.17) is 4.98 Å². The van der Waals surface area contributed by atoms with E-state index in [0.717, 1.165) is 29.4 Å². The van der Waals surface area contributed by atoms with E-state index in [2.05, 4.69) is 25.8 Å². The highest BCUT2D eigenvalue weighted by molar-refractivity contribution is 7.89. The fourth-order valence-corrected chi connectivity index (χ4v) is 6.74. The molecule has 3 aromatic heterocycles. The van der Waals surface area contributed by atoms with Crippen LogP contribution in [0.15, 0.2) is 58.5 Å². The molecule has 0 amide bonds. The maximum absolute atomic E-state index is 13.7. The lowest BCUT2D eigenvalue weighted by molar-refractivity contribution is 0.313. The van der Waals surface area contributed by atoms with E-state index in [9.17, 15) is 13.2 Å². The van der Waals surface area contributed by atoms with Crippen molar-refractivity contribution in [1.82, 2.24) is 23.4 Å². The zero-order chi connectivity index (χ0) is 25.0. The van der Waals surface area contributed by atoms with Gasteiger partial charge in [-0.25, -0.2) is 18.2 Å². The minimum absolute atomic E-state index is 0.0411. The monoisotopic (exact) mass is 493 g/mol. The second kappa shape index (κ2) is 8.57. The number of fused-ring (bicyclic) bond motifs is 2. The molecule has 0 N–H and O–H groups in total. The third-order valence-electron chi connectivity index (χ3n) is 6.70. The minimum atomic E-state index is -3.68. The Balaban J connectivity index is 1.48. The number of aryl methyl sites for hydroxylation is 1. The Morgan fingerprint density at radius 1 is 1.11 bits per heavy atom. The van der Waals surface area contributed by atoms with E-state index in [1.165, 1.54) is 0 Å². The standard InChI is InChI=1S/C26H31N5O3S/c1-26(2,3)17-31-22-11-10-21(28-24(22)29(4)25(31)32)19-8-6-14-30(16-19)35(33,34)23-9-5-7-18-15-27-13-12-20(18)23/h5,7,9-13,15,19H,6,8,14,16-17H2,1-4H3. The Kier molecular flexibility index (Phi) is 5.80. The molecule has 1 aromatic carbocycles. The number of imidazole rings is 1. The van der Waals surface area contributed by atoms with Crippen LogP contribution < -0.4 is 5.69 Å². The van der Waals surface area contributed by atoms with E-state index in [1.807, 2.05) is 18.2 Å². The minimum Gasteiger partial charge on any atom is -0.290 e. The molecular formula is C26H31N5O3S. The number of sulfonamides is 1. The topological polar surface area (TPSA) is 90.1 Å². The van der Waals surface area contributed by atoms with Crippen LogP contribution in [0.5, 0.6) is 0 Å². The maximum Gasteiger partial charge on any atom is 0.330 e. The number of nitrogens with zero attached hydrogens (tertiary/aromatic N) is 5. The van der Waals surface area contributed by atoms with Gasteiger partial charge >= 0.3 is 5.69 Å². The molecule has 1 aliphatic heterocycles. The van der Waals surface area contributed by atoms with E-state index < -0.39 is 10.0 Å². The number of benzene rings is 1. The lowest BCUT2D eigenvalue weighted by Crippen LogP contribution is -2.39. The molecule has 1 unspecified atom stereocenters. The summed E-state index contributed by atoms with van der Waals surface area (Å²) in [5.74, 6) is -0.0411.